The summed E-state index contributed by atoms with van der Waals surface area (Å²) in [6, 6.07) is 13.4. The second kappa shape index (κ2) is 6.20. The first-order valence-corrected chi connectivity index (χ1v) is 7.43. The molecule has 4 nitrogen and oxygen atoms in total. The van der Waals surface area contributed by atoms with Crippen molar-refractivity contribution in [2.45, 2.75) is 20.0 Å². The first-order valence-electron chi connectivity index (χ1n) is 7.05. The minimum absolute atomic E-state index is 0.0548. The summed E-state index contributed by atoms with van der Waals surface area (Å²) in [6.07, 6.45) is 1.89. The fourth-order valence-corrected chi connectivity index (χ4v) is 2.56. The second-order valence-electron chi connectivity index (χ2n) is 5.19. The summed E-state index contributed by atoms with van der Waals surface area (Å²) >= 11 is 6.02. The molecule has 0 saturated heterocycles. The molecule has 0 unspecified atom stereocenters. The average Bonchev–Trinajstić information content (AvgIpc) is 2.88. The highest BCUT2D eigenvalue weighted by Gasteiger charge is 2.07. The molecule has 0 aliphatic heterocycles. The normalized spacial score (nSPS) is 10.8. The number of aryl methyl sites for hydroxylation is 1. The van der Waals surface area contributed by atoms with Crippen molar-refractivity contribution in [3.8, 4) is 0 Å². The first-order chi connectivity index (χ1) is 10.6. The van der Waals surface area contributed by atoms with E-state index in [2.05, 4.69) is 10.3 Å². The number of halogens is 1. The van der Waals surface area contributed by atoms with E-state index in [0.29, 0.717) is 11.6 Å². The molecular weight excluding hydrogens is 298 g/mol. The van der Waals surface area contributed by atoms with Crippen LogP contribution in [0.1, 0.15) is 11.4 Å². The highest BCUT2D eigenvalue weighted by Crippen LogP contribution is 2.20. The molecule has 0 atom stereocenters. The van der Waals surface area contributed by atoms with Crippen molar-refractivity contribution >= 4 is 28.4 Å². The van der Waals surface area contributed by atoms with Gasteiger partial charge in [-0.25, -0.2) is 0 Å². The minimum atomic E-state index is -0.0548. The monoisotopic (exact) mass is 313 g/mol. The molecule has 1 N–H and O–H groups in total. The zero-order valence-electron chi connectivity index (χ0n) is 12.2. The molecule has 2 aromatic heterocycles. The highest BCUT2D eigenvalue weighted by atomic mass is 35.5. The van der Waals surface area contributed by atoms with Gasteiger partial charge in [0.25, 0.3) is 0 Å². The number of rotatable bonds is 4. The molecule has 3 aromatic rings. The zero-order valence-corrected chi connectivity index (χ0v) is 13.0. The quantitative estimate of drug-likeness (QED) is 0.803. The van der Waals surface area contributed by atoms with Crippen LogP contribution in [0.3, 0.4) is 0 Å². The molecule has 0 radical (unpaired) electrons. The molecule has 1 amide bonds. The smallest absolute Gasteiger partial charge is 0.240 e. The fourth-order valence-electron chi connectivity index (χ4n) is 2.39. The van der Waals surface area contributed by atoms with Crippen LogP contribution in [0.5, 0.6) is 0 Å². The molecule has 0 aliphatic carbocycles. The van der Waals surface area contributed by atoms with Gasteiger partial charge in [0, 0.05) is 22.4 Å². The van der Waals surface area contributed by atoms with Crippen LogP contribution in [-0.2, 0) is 17.9 Å². The van der Waals surface area contributed by atoms with E-state index >= 15 is 0 Å². The molecule has 0 bridgehead atoms. The van der Waals surface area contributed by atoms with E-state index in [1.807, 2.05) is 60.2 Å². The number of pyridine rings is 1. The van der Waals surface area contributed by atoms with Crippen LogP contribution in [0.15, 0.2) is 48.7 Å². The van der Waals surface area contributed by atoms with Gasteiger partial charge in [0.15, 0.2) is 0 Å². The highest BCUT2D eigenvalue weighted by molar-refractivity contribution is 6.31. The summed E-state index contributed by atoms with van der Waals surface area (Å²) in [4.78, 5) is 16.5. The lowest BCUT2D eigenvalue weighted by molar-refractivity contribution is -0.121. The Balaban J connectivity index is 1.67. The van der Waals surface area contributed by atoms with Crippen LogP contribution in [0, 0.1) is 6.92 Å². The van der Waals surface area contributed by atoms with Crippen molar-refractivity contribution in [3.05, 3.63) is 65.1 Å². The summed E-state index contributed by atoms with van der Waals surface area (Å²) in [5.74, 6) is -0.0548. The third-order valence-electron chi connectivity index (χ3n) is 3.46. The van der Waals surface area contributed by atoms with Gasteiger partial charge in [-0.1, -0.05) is 23.7 Å². The van der Waals surface area contributed by atoms with E-state index in [1.165, 1.54) is 0 Å². The van der Waals surface area contributed by atoms with Crippen LogP contribution < -0.4 is 5.32 Å². The van der Waals surface area contributed by atoms with Gasteiger partial charge in [0.2, 0.25) is 5.91 Å². The van der Waals surface area contributed by atoms with Crippen molar-refractivity contribution in [2.24, 2.45) is 0 Å². The zero-order chi connectivity index (χ0) is 15.5. The molecule has 2 heterocycles. The predicted molar refractivity (Wildman–Crippen MR) is 87.8 cm³/mol. The number of amides is 1. The summed E-state index contributed by atoms with van der Waals surface area (Å²) in [5, 5.41) is 4.62. The van der Waals surface area contributed by atoms with Gasteiger partial charge in [-0.05, 0) is 42.6 Å². The van der Waals surface area contributed by atoms with Crippen molar-refractivity contribution in [3.63, 3.8) is 0 Å². The Morgan fingerprint density at radius 2 is 2.14 bits per heavy atom. The Hall–Kier alpha value is -2.33. The van der Waals surface area contributed by atoms with Gasteiger partial charge in [-0.15, -0.1) is 0 Å². The summed E-state index contributed by atoms with van der Waals surface area (Å²) < 4.78 is 1.89. The van der Waals surface area contributed by atoms with Crippen LogP contribution in [-0.4, -0.2) is 15.5 Å². The molecule has 5 heteroatoms. The number of aromatic nitrogens is 2. The van der Waals surface area contributed by atoms with Gasteiger partial charge >= 0.3 is 0 Å². The molecule has 0 spiro atoms. The van der Waals surface area contributed by atoms with E-state index in [1.54, 1.807) is 0 Å². The Kier molecular flexibility index (Phi) is 4.11. The molecular formula is C17H16ClN3O. The number of hydrogen-bond acceptors (Lipinski definition) is 2. The van der Waals surface area contributed by atoms with Gasteiger partial charge in [-0.2, -0.15) is 0 Å². The maximum atomic E-state index is 12.1. The SMILES string of the molecule is Cc1cccc(CNC(=O)Cn2ccc3ccc(Cl)cc32)n1. The van der Waals surface area contributed by atoms with Crippen LogP contribution in [0.25, 0.3) is 10.9 Å². The van der Waals surface area contributed by atoms with Gasteiger partial charge in [-0.3, -0.25) is 9.78 Å². The van der Waals surface area contributed by atoms with Crippen LogP contribution >= 0.6 is 11.6 Å². The maximum Gasteiger partial charge on any atom is 0.240 e. The summed E-state index contributed by atoms with van der Waals surface area (Å²) in [5.41, 5.74) is 2.75. The number of nitrogens with zero attached hydrogens (tertiary/aromatic N) is 2. The lowest BCUT2D eigenvalue weighted by Gasteiger charge is -2.08. The average molecular weight is 314 g/mol. The van der Waals surface area contributed by atoms with E-state index in [4.69, 9.17) is 11.6 Å². The number of carbonyl (C=O) groups is 1. The molecule has 0 aliphatic rings. The number of nitrogens with one attached hydrogen (secondary N) is 1. The van der Waals surface area contributed by atoms with Gasteiger partial charge in [0.05, 0.1) is 12.2 Å². The number of benzene rings is 1. The third-order valence-corrected chi connectivity index (χ3v) is 3.70. The van der Waals surface area contributed by atoms with E-state index < -0.39 is 0 Å². The van der Waals surface area contributed by atoms with Gasteiger partial charge < -0.3 is 9.88 Å². The first kappa shape index (κ1) is 14.6. The maximum absolute atomic E-state index is 12.1. The molecule has 0 fully saturated rings. The third kappa shape index (κ3) is 3.28. The largest absolute Gasteiger partial charge is 0.349 e. The van der Waals surface area contributed by atoms with Crippen LogP contribution in [0.2, 0.25) is 5.02 Å². The lowest BCUT2D eigenvalue weighted by Crippen LogP contribution is -2.27. The van der Waals surface area contributed by atoms with E-state index in [0.717, 1.165) is 22.3 Å². The lowest BCUT2D eigenvalue weighted by atomic mass is 10.2. The van der Waals surface area contributed by atoms with Crippen molar-refractivity contribution in [2.75, 3.05) is 0 Å². The van der Waals surface area contributed by atoms with E-state index in [9.17, 15) is 4.79 Å². The number of fused-ring (bicyclic) bond motifs is 1. The molecule has 3 rings (SSSR count). The minimum Gasteiger partial charge on any atom is -0.349 e. The van der Waals surface area contributed by atoms with Crippen molar-refractivity contribution in [1.82, 2.24) is 14.9 Å². The topological polar surface area (TPSA) is 46.9 Å². The van der Waals surface area contributed by atoms with E-state index in [-0.39, 0.29) is 12.5 Å². The number of hydrogen-bond donors (Lipinski definition) is 1. The summed E-state index contributed by atoms with van der Waals surface area (Å²) in [6.45, 7) is 2.62. The standard InChI is InChI=1S/C17H16ClN3O/c1-12-3-2-4-15(20-12)10-19-17(22)11-21-8-7-13-5-6-14(18)9-16(13)21/h2-9H,10-11H2,1H3,(H,19,22). The van der Waals surface area contributed by atoms with Crippen molar-refractivity contribution in [1.29, 1.82) is 0 Å². The Morgan fingerprint density at radius 1 is 1.27 bits per heavy atom. The molecule has 1 aromatic carbocycles. The molecule has 0 saturated carbocycles. The fraction of sp³-hybridized carbons (Fsp3) is 0.176. The van der Waals surface area contributed by atoms with Gasteiger partial charge in [0.1, 0.15) is 6.54 Å². The Bertz CT molecular complexity index is 826. The predicted octanol–water partition coefficient (Wildman–Crippen LogP) is 3.31. The van der Waals surface area contributed by atoms with Crippen LogP contribution in [0.4, 0.5) is 0 Å². The molecule has 112 valence electrons. The molecule has 22 heavy (non-hydrogen) atoms. The Morgan fingerprint density at radius 3 is 2.95 bits per heavy atom. The Labute approximate surface area is 133 Å². The summed E-state index contributed by atoms with van der Waals surface area (Å²) in [7, 11) is 0. The second-order valence-corrected chi connectivity index (χ2v) is 5.63. The van der Waals surface area contributed by atoms with Crippen molar-refractivity contribution < 1.29 is 4.79 Å². The number of carbonyl (C=O) groups excluding carboxylic acids is 1.